The summed E-state index contributed by atoms with van der Waals surface area (Å²) in [7, 11) is 0. The number of amides is 1. The maximum Gasteiger partial charge on any atom is 0.219 e. The highest BCUT2D eigenvalue weighted by atomic mass is 127. The van der Waals surface area contributed by atoms with Crippen LogP contribution in [0.5, 0.6) is 0 Å². The molecule has 2 heterocycles. The molecule has 1 atom stereocenters. The highest BCUT2D eigenvalue weighted by Crippen LogP contribution is 2.23. The molecule has 1 amide bonds. The molecule has 1 aromatic rings. The van der Waals surface area contributed by atoms with Gasteiger partial charge in [0.15, 0.2) is 5.96 Å². The molecule has 0 saturated carbocycles. The monoisotopic (exact) mass is 542 g/mol. The Morgan fingerprint density at radius 3 is 2.48 bits per heavy atom. The summed E-state index contributed by atoms with van der Waals surface area (Å²) in [5.74, 6) is 1.04. The van der Waals surface area contributed by atoms with Gasteiger partial charge in [0.25, 0.3) is 0 Å². The fourth-order valence-corrected chi connectivity index (χ4v) is 4.16. The number of nitrogens with zero attached hydrogens (tertiary/aromatic N) is 4. The number of halogens is 1. The van der Waals surface area contributed by atoms with Crippen molar-refractivity contribution in [2.45, 2.75) is 39.7 Å². The van der Waals surface area contributed by atoms with Gasteiger partial charge in [-0.25, -0.2) is 0 Å². The van der Waals surface area contributed by atoms with Gasteiger partial charge in [-0.3, -0.25) is 14.7 Å². The van der Waals surface area contributed by atoms with E-state index >= 15 is 0 Å². The van der Waals surface area contributed by atoms with E-state index in [1.54, 1.807) is 6.92 Å². The number of carbonyl (C=O) groups excluding carboxylic acids is 1. The minimum absolute atomic E-state index is 0. The number of aliphatic imine (C=N–C) groups is 1. The van der Waals surface area contributed by atoms with E-state index in [9.17, 15) is 4.79 Å². The van der Waals surface area contributed by atoms with Crippen molar-refractivity contribution in [3.05, 3.63) is 29.8 Å². The van der Waals surface area contributed by atoms with Gasteiger partial charge in [0.1, 0.15) is 0 Å². The van der Waals surface area contributed by atoms with Gasteiger partial charge in [-0.15, -0.1) is 24.0 Å². The normalized spacial score (nSPS) is 18.5. The van der Waals surface area contributed by atoms with Crippen LogP contribution >= 0.6 is 24.0 Å². The number of nitrogens with one attached hydrogen (secondary N) is 2. The predicted molar refractivity (Wildman–Crippen MR) is 140 cm³/mol. The Bertz CT molecular complexity index is 714. The van der Waals surface area contributed by atoms with Crippen molar-refractivity contribution in [1.29, 1.82) is 0 Å². The molecule has 0 aliphatic carbocycles. The van der Waals surface area contributed by atoms with Crippen molar-refractivity contribution in [2.75, 3.05) is 63.8 Å². The van der Waals surface area contributed by atoms with Crippen molar-refractivity contribution in [2.24, 2.45) is 4.99 Å². The number of benzene rings is 1. The van der Waals surface area contributed by atoms with E-state index in [0.717, 1.165) is 64.9 Å². The van der Waals surface area contributed by atoms with Gasteiger partial charge in [0.2, 0.25) is 5.91 Å². The van der Waals surface area contributed by atoms with Crippen molar-refractivity contribution >= 4 is 41.5 Å². The van der Waals surface area contributed by atoms with Crippen molar-refractivity contribution < 1.29 is 4.79 Å². The molecule has 7 nitrogen and oxygen atoms in total. The van der Waals surface area contributed by atoms with Gasteiger partial charge >= 0.3 is 0 Å². The zero-order valence-corrected chi connectivity index (χ0v) is 21.6. The Kier molecular flexibility index (Phi) is 10.9. The first-order chi connectivity index (χ1) is 14.6. The Morgan fingerprint density at radius 2 is 1.84 bits per heavy atom. The lowest BCUT2D eigenvalue weighted by atomic mass is 10.1. The smallest absolute Gasteiger partial charge is 0.219 e. The zero-order chi connectivity index (χ0) is 21.3. The largest absolute Gasteiger partial charge is 0.372 e. The molecule has 174 valence electrons. The summed E-state index contributed by atoms with van der Waals surface area (Å²) in [6.07, 6.45) is 2.58. The lowest BCUT2D eigenvalue weighted by Crippen LogP contribution is -2.48. The third-order valence-electron chi connectivity index (χ3n) is 6.04. The van der Waals surface area contributed by atoms with Crippen LogP contribution in [0.1, 0.15) is 45.2 Å². The zero-order valence-electron chi connectivity index (χ0n) is 19.3. The summed E-state index contributed by atoms with van der Waals surface area (Å²) in [5, 5.41) is 6.93. The minimum Gasteiger partial charge on any atom is -0.372 e. The molecule has 2 N–H and O–H groups in total. The maximum atomic E-state index is 11.5. The van der Waals surface area contributed by atoms with Crippen LogP contribution in [0, 0.1) is 0 Å². The van der Waals surface area contributed by atoms with Gasteiger partial charge in [-0.1, -0.05) is 12.1 Å². The van der Waals surface area contributed by atoms with E-state index in [0.29, 0.717) is 0 Å². The number of guanidine groups is 1. The topological polar surface area (TPSA) is 63.2 Å². The number of hydrogen-bond acceptors (Lipinski definition) is 4. The molecule has 3 rings (SSSR count). The average molecular weight is 543 g/mol. The molecule has 2 fully saturated rings. The summed E-state index contributed by atoms with van der Waals surface area (Å²) in [6, 6.07) is 9.05. The van der Waals surface area contributed by atoms with Crippen molar-refractivity contribution in [1.82, 2.24) is 20.4 Å². The number of rotatable bonds is 7. The summed E-state index contributed by atoms with van der Waals surface area (Å²) >= 11 is 0. The van der Waals surface area contributed by atoms with Crippen LogP contribution in [0.25, 0.3) is 0 Å². The van der Waals surface area contributed by atoms with E-state index < -0.39 is 0 Å². The molecule has 2 saturated heterocycles. The summed E-state index contributed by atoms with van der Waals surface area (Å²) in [4.78, 5) is 23.0. The summed E-state index contributed by atoms with van der Waals surface area (Å²) < 4.78 is 0. The highest BCUT2D eigenvalue weighted by Gasteiger charge is 2.18. The first kappa shape index (κ1) is 25.7. The van der Waals surface area contributed by atoms with E-state index in [-0.39, 0.29) is 35.9 Å². The van der Waals surface area contributed by atoms with Gasteiger partial charge in [-0.2, -0.15) is 0 Å². The first-order valence-corrected chi connectivity index (χ1v) is 11.4. The second-order valence-corrected chi connectivity index (χ2v) is 8.26. The molecule has 0 aromatic heterocycles. The molecule has 0 spiro atoms. The summed E-state index contributed by atoms with van der Waals surface area (Å²) in [6.45, 7) is 14.3. The van der Waals surface area contributed by atoms with Gasteiger partial charge in [0.05, 0.1) is 12.6 Å². The van der Waals surface area contributed by atoms with Gasteiger partial charge < -0.3 is 20.4 Å². The Morgan fingerprint density at radius 1 is 1.13 bits per heavy atom. The number of piperazine rings is 1. The number of carbonyl (C=O) groups is 1. The molecule has 0 radical (unpaired) electrons. The second kappa shape index (κ2) is 13.1. The first-order valence-electron chi connectivity index (χ1n) is 11.4. The van der Waals surface area contributed by atoms with E-state index in [2.05, 4.69) is 58.5 Å². The average Bonchev–Trinajstić information content (AvgIpc) is 3.29. The lowest BCUT2D eigenvalue weighted by molar-refractivity contribution is -0.130. The molecule has 8 heteroatoms. The standard InChI is InChI=1S/C23H38N6O.HI/c1-4-24-23(25-10-13-27-14-16-28(17-15-27)20(3)30)26-19(2)21-8-7-9-22(18-21)29-11-5-6-12-29;/h7-9,18-19H,4-6,10-17H2,1-3H3,(H2,24,25,26);1H. The van der Waals surface area contributed by atoms with Crippen LogP contribution in [0.3, 0.4) is 0 Å². The third kappa shape index (κ3) is 7.82. The fraction of sp³-hybridized carbons (Fsp3) is 0.652. The van der Waals surface area contributed by atoms with Crippen LogP contribution in [0.15, 0.2) is 29.3 Å². The Hall–Kier alpha value is -1.55. The van der Waals surface area contributed by atoms with E-state index in [1.165, 1.54) is 24.1 Å². The molecule has 31 heavy (non-hydrogen) atoms. The van der Waals surface area contributed by atoms with Crippen LogP contribution in [-0.2, 0) is 4.79 Å². The second-order valence-electron chi connectivity index (χ2n) is 8.26. The molecule has 0 bridgehead atoms. The van der Waals surface area contributed by atoms with Crippen molar-refractivity contribution in [3.63, 3.8) is 0 Å². The van der Waals surface area contributed by atoms with Gasteiger partial charge in [-0.05, 0) is 44.4 Å². The predicted octanol–water partition coefficient (Wildman–Crippen LogP) is 2.69. The lowest BCUT2D eigenvalue weighted by Gasteiger charge is -2.33. The molecule has 2 aliphatic rings. The maximum absolute atomic E-state index is 11.5. The van der Waals surface area contributed by atoms with Crippen molar-refractivity contribution in [3.8, 4) is 0 Å². The van der Waals surface area contributed by atoms with Crippen LogP contribution < -0.4 is 15.5 Å². The SMILES string of the molecule is CCNC(=NCCN1CCN(C(C)=O)CC1)NC(C)c1cccc(N2CCCC2)c1.I. The van der Waals surface area contributed by atoms with E-state index in [1.807, 2.05) is 4.90 Å². The number of hydrogen-bond donors (Lipinski definition) is 2. The fourth-order valence-electron chi connectivity index (χ4n) is 4.16. The Balaban J connectivity index is 0.00000341. The number of anilines is 1. The molecule has 2 aliphatic heterocycles. The minimum atomic E-state index is 0. The van der Waals surface area contributed by atoms with Crippen LogP contribution in [0.4, 0.5) is 5.69 Å². The van der Waals surface area contributed by atoms with Crippen LogP contribution in [0.2, 0.25) is 0 Å². The molecule has 1 unspecified atom stereocenters. The quantitative estimate of drug-likeness (QED) is 0.315. The van der Waals surface area contributed by atoms with E-state index in [4.69, 9.17) is 4.99 Å². The molecule has 1 aromatic carbocycles. The van der Waals surface area contributed by atoms with Crippen LogP contribution in [-0.4, -0.2) is 80.6 Å². The molecular weight excluding hydrogens is 503 g/mol. The van der Waals surface area contributed by atoms with Gasteiger partial charge in [0, 0.05) is 65.0 Å². The Labute approximate surface area is 204 Å². The highest BCUT2D eigenvalue weighted by molar-refractivity contribution is 14.0. The third-order valence-corrected chi connectivity index (χ3v) is 6.04. The molecular formula is C23H39IN6O. The summed E-state index contributed by atoms with van der Waals surface area (Å²) in [5.41, 5.74) is 2.61.